The van der Waals surface area contributed by atoms with E-state index in [4.69, 9.17) is 59.8 Å². The lowest BCUT2D eigenvalue weighted by molar-refractivity contribution is 1.22. The van der Waals surface area contributed by atoms with E-state index in [0.29, 0.717) is 0 Å². The SMILES string of the molecule is c1ccc(-c2cc(-c3cccc(-c4ccc(C(=C(c5ccc(-c6cccc(-c7cc(-c8ccccn8)nc(-c8ccccn8)c7)c6)cc5)c5ccc(-c6cccc(-c7cc(-c8ccccn8)nc(-c8ccccn8)c7)c6)cc5)c5ccc(-c6cccc(-c7cc(-c8ccccn8)nc(-c8ccccn8)c7)c6)cc5)cc4)c3)cc(-c3ccccn3)n2)nc1. The number of aromatic nitrogens is 12. The summed E-state index contributed by atoms with van der Waals surface area (Å²) in [5.41, 5.74) is 35.2. The molecule has 0 saturated carbocycles. The van der Waals surface area contributed by atoms with Gasteiger partial charge in [0, 0.05) is 49.6 Å². The molecule has 0 atom stereocenters. The van der Waals surface area contributed by atoms with Gasteiger partial charge in [0.25, 0.3) is 0 Å². The van der Waals surface area contributed by atoms with Crippen molar-refractivity contribution in [3.8, 4) is 180 Å². The molecule has 12 heterocycles. The lowest BCUT2D eigenvalue weighted by Crippen LogP contribution is -1.98. The van der Waals surface area contributed by atoms with Crippen LogP contribution >= 0.6 is 0 Å². The van der Waals surface area contributed by atoms with Crippen LogP contribution in [-0.2, 0) is 0 Å². The first-order valence-electron chi connectivity index (χ1n) is 40.4. The minimum Gasteiger partial charge on any atom is -0.255 e. The van der Waals surface area contributed by atoms with E-state index in [0.717, 1.165) is 214 Å². The molecule has 122 heavy (non-hydrogen) atoms. The van der Waals surface area contributed by atoms with Crippen molar-refractivity contribution in [1.29, 1.82) is 0 Å². The van der Waals surface area contributed by atoms with Gasteiger partial charge in [0.2, 0.25) is 0 Å². The van der Waals surface area contributed by atoms with Gasteiger partial charge < -0.3 is 0 Å². The number of hydrogen-bond donors (Lipinski definition) is 0. The Kier molecular flexibility index (Phi) is 20.6. The number of pyridine rings is 12. The Balaban J connectivity index is 0.732. The Labute approximate surface area is 706 Å². The van der Waals surface area contributed by atoms with Gasteiger partial charge >= 0.3 is 0 Å². The normalized spacial score (nSPS) is 11.1. The third-order valence-electron chi connectivity index (χ3n) is 21.8. The molecule has 0 bridgehead atoms. The fraction of sp³-hybridized carbons (Fsp3) is 0. The van der Waals surface area contributed by atoms with Gasteiger partial charge in [0.05, 0.1) is 91.1 Å². The first-order valence-corrected chi connectivity index (χ1v) is 40.4. The second-order valence-corrected chi connectivity index (χ2v) is 29.6. The molecule has 572 valence electrons. The van der Waals surface area contributed by atoms with E-state index in [2.05, 4.69) is 243 Å². The number of nitrogens with zero attached hydrogens (tertiary/aromatic N) is 12. The first kappa shape index (κ1) is 74.1. The van der Waals surface area contributed by atoms with E-state index in [9.17, 15) is 0 Å². The largest absolute Gasteiger partial charge is 0.255 e. The lowest BCUT2D eigenvalue weighted by atomic mass is 9.84. The Bertz CT molecular complexity index is 6060. The molecule has 12 nitrogen and oxygen atoms in total. The molecule has 0 aliphatic rings. The van der Waals surface area contributed by atoms with E-state index >= 15 is 0 Å². The summed E-state index contributed by atoms with van der Waals surface area (Å²) < 4.78 is 0. The minimum atomic E-state index is 0.764. The first-order chi connectivity index (χ1) is 60.4. The summed E-state index contributed by atoms with van der Waals surface area (Å²) in [7, 11) is 0. The molecule has 0 aliphatic carbocycles. The Hall–Kier alpha value is -16.7. The highest BCUT2D eigenvalue weighted by Crippen LogP contribution is 2.43. The van der Waals surface area contributed by atoms with E-state index in [1.165, 1.54) is 0 Å². The number of rotatable bonds is 20. The van der Waals surface area contributed by atoms with Gasteiger partial charge in [-0.2, -0.15) is 0 Å². The van der Waals surface area contributed by atoms with E-state index in [1.807, 2.05) is 146 Å². The molecule has 0 radical (unpaired) electrons. The summed E-state index contributed by atoms with van der Waals surface area (Å²) in [6, 6.07) is 135. The summed E-state index contributed by atoms with van der Waals surface area (Å²) in [4.78, 5) is 58.2. The molecule has 0 spiro atoms. The molecule has 0 saturated heterocycles. The van der Waals surface area contributed by atoms with Crippen LogP contribution in [0.3, 0.4) is 0 Å². The van der Waals surface area contributed by atoms with Crippen molar-refractivity contribution in [2.75, 3.05) is 0 Å². The molecule has 12 heteroatoms. The second-order valence-electron chi connectivity index (χ2n) is 29.6. The molecular formula is C110H72N12. The average molecular weight is 1560 g/mol. The van der Waals surface area contributed by atoms with Crippen LogP contribution in [0, 0.1) is 0 Å². The van der Waals surface area contributed by atoms with Crippen LogP contribution in [0.15, 0.2) is 438 Å². The second kappa shape index (κ2) is 33.9. The summed E-state index contributed by atoms with van der Waals surface area (Å²) in [6.45, 7) is 0. The molecule has 12 aromatic heterocycles. The monoisotopic (exact) mass is 1560 g/mol. The van der Waals surface area contributed by atoms with Crippen LogP contribution < -0.4 is 0 Å². The van der Waals surface area contributed by atoms with Crippen LogP contribution in [0.25, 0.3) is 191 Å². The molecule has 0 amide bonds. The minimum absolute atomic E-state index is 0.764. The summed E-state index contributed by atoms with van der Waals surface area (Å²) in [5, 5.41) is 0. The van der Waals surface area contributed by atoms with E-state index in [1.54, 1.807) is 49.6 Å². The van der Waals surface area contributed by atoms with Crippen molar-refractivity contribution < 1.29 is 0 Å². The Morgan fingerprint density at radius 1 is 0.115 bits per heavy atom. The molecule has 20 rings (SSSR count). The Morgan fingerprint density at radius 3 is 0.418 bits per heavy atom. The maximum atomic E-state index is 5.11. The van der Waals surface area contributed by atoms with Crippen molar-refractivity contribution in [1.82, 2.24) is 59.8 Å². The molecule has 0 N–H and O–H groups in total. The molecule has 0 fully saturated rings. The van der Waals surface area contributed by atoms with Crippen LogP contribution in [0.2, 0.25) is 0 Å². The summed E-state index contributed by atoms with van der Waals surface area (Å²) in [6.07, 6.45) is 14.4. The predicted molar refractivity (Wildman–Crippen MR) is 491 cm³/mol. The topological polar surface area (TPSA) is 155 Å². The van der Waals surface area contributed by atoms with Gasteiger partial charge in [-0.25, -0.2) is 19.9 Å². The van der Waals surface area contributed by atoms with Gasteiger partial charge in [0.15, 0.2) is 0 Å². The van der Waals surface area contributed by atoms with E-state index < -0.39 is 0 Å². The highest BCUT2D eigenvalue weighted by atomic mass is 14.8. The standard InChI is InChI=1S/C110H72N12/c1-9-53-111-93(29-1)101-65-89(66-102(119-101)94-30-2-10-54-112-94)85-25-17-21-81(61-85)73-37-45-77(46-38-73)109(78-47-39-74(40-48-78)82-22-18-26-86(62-82)90-67-103(95-31-3-11-55-113-95)120-104(68-90)96-32-4-12-56-114-96)110(79-49-41-75(42-50-79)83-23-19-27-87(63-83)91-69-105(97-33-5-13-57-115-97)121-106(70-91)98-34-6-14-58-116-98)80-51-43-76(44-52-80)84-24-20-28-88(64-84)92-71-107(99-35-7-15-59-117-99)122-108(72-92)100-36-8-16-60-118-100/h1-72H. The average Bonchev–Trinajstić information content (AvgIpc) is 0.775. The zero-order valence-electron chi connectivity index (χ0n) is 65.9. The van der Waals surface area contributed by atoms with Crippen molar-refractivity contribution in [3.63, 3.8) is 0 Å². The lowest BCUT2D eigenvalue weighted by Gasteiger charge is -2.20. The van der Waals surface area contributed by atoms with Gasteiger partial charge in [0.1, 0.15) is 0 Å². The number of hydrogen-bond acceptors (Lipinski definition) is 12. The third-order valence-corrected chi connectivity index (χ3v) is 21.8. The summed E-state index contributed by atoms with van der Waals surface area (Å²) >= 11 is 0. The summed E-state index contributed by atoms with van der Waals surface area (Å²) in [5.74, 6) is 0. The van der Waals surface area contributed by atoms with Gasteiger partial charge in [-0.15, -0.1) is 0 Å². The maximum Gasteiger partial charge on any atom is 0.0900 e. The molecule has 8 aromatic carbocycles. The zero-order valence-corrected chi connectivity index (χ0v) is 65.9. The van der Waals surface area contributed by atoms with Crippen LogP contribution in [0.4, 0.5) is 0 Å². The number of benzene rings is 8. The van der Waals surface area contributed by atoms with Gasteiger partial charge in [-0.05, 0) is 292 Å². The van der Waals surface area contributed by atoms with Crippen molar-refractivity contribution in [3.05, 3.63) is 460 Å². The van der Waals surface area contributed by atoms with Crippen molar-refractivity contribution in [2.45, 2.75) is 0 Å². The molecule has 0 unspecified atom stereocenters. The van der Waals surface area contributed by atoms with E-state index in [-0.39, 0.29) is 0 Å². The van der Waals surface area contributed by atoms with Crippen LogP contribution in [0.5, 0.6) is 0 Å². The molecular weight excluding hydrogens is 1490 g/mol. The quantitative estimate of drug-likeness (QED) is 0.0667. The van der Waals surface area contributed by atoms with Crippen molar-refractivity contribution in [2.24, 2.45) is 0 Å². The maximum absolute atomic E-state index is 5.11. The fourth-order valence-corrected chi connectivity index (χ4v) is 15.7. The third kappa shape index (κ3) is 16.1. The molecule has 20 aromatic rings. The van der Waals surface area contributed by atoms with Crippen molar-refractivity contribution >= 4 is 11.1 Å². The van der Waals surface area contributed by atoms with Gasteiger partial charge in [-0.1, -0.05) is 218 Å². The fourth-order valence-electron chi connectivity index (χ4n) is 15.7. The highest BCUT2D eigenvalue weighted by Gasteiger charge is 2.22. The predicted octanol–water partition coefficient (Wildman–Crippen LogP) is 26.1. The van der Waals surface area contributed by atoms with Crippen LogP contribution in [-0.4, -0.2) is 59.8 Å². The van der Waals surface area contributed by atoms with Gasteiger partial charge in [-0.3, -0.25) is 39.9 Å². The zero-order chi connectivity index (χ0) is 81.3. The smallest absolute Gasteiger partial charge is 0.0900 e. The van der Waals surface area contributed by atoms with Crippen LogP contribution in [0.1, 0.15) is 22.3 Å². The highest BCUT2D eigenvalue weighted by molar-refractivity contribution is 6.05. The molecule has 0 aliphatic heterocycles. The Morgan fingerprint density at radius 2 is 0.270 bits per heavy atom.